The van der Waals surface area contributed by atoms with Crippen LogP contribution in [-0.4, -0.2) is 22.4 Å². The largest absolute Gasteiger partial charge is 0.421 e. The van der Waals surface area contributed by atoms with Gasteiger partial charge in [-0.2, -0.15) is 13.2 Å². The molecule has 6 nitrogen and oxygen atoms in total. The molecule has 0 fully saturated rings. The fraction of sp³-hybridized carbons (Fsp3) is 0.278. The number of carbonyl (C=O) groups excluding carboxylic acids is 2. The monoisotopic (exact) mass is 379 g/mol. The van der Waals surface area contributed by atoms with E-state index in [1.54, 1.807) is 31.2 Å². The molecule has 0 saturated carbocycles. The number of para-hydroxylation sites is 2. The first-order chi connectivity index (χ1) is 12.7. The molecule has 9 heteroatoms. The Kier molecular flexibility index (Phi) is 4.77. The van der Waals surface area contributed by atoms with Crippen molar-refractivity contribution in [3.05, 3.63) is 58.5 Å². The standard InChI is InChI=1S/C18H16F3N3O3/c1-11-9-15(25)22-13-6-2-3-7-14(13)24(11)16(26)10-23-8-4-5-12(17(23)27)18(19,20)21/h2-8,11H,9-10H2,1H3,(H,22,25)/t11-/m1/s1. The molecular formula is C18H16F3N3O3. The van der Waals surface area contributed by atoms with Crippen LogP contribution in [0.5, 0.6) is 0 Å². The summed E-state index contributed by atoms with van der Waals surface area (Å²) in [5.41, 5.74) is -1.76. The van der Waals surface area contributed by atoms with E-state index in [0.29, 0.717) is 17.4 Å². The van der Waals surface area contributed by atoms with Crippen LogP contribution in [0, 0.1) is 0 Å². The molecule has 3 rings (SSSR count). The third-order valence-electron chi connectivity index (χ3n) is 4.26. The molecule has 0 spiro atoms. The van der Waals surface area contributed by atoms with E-state index < -0.39 is 35.8 Å². The molecule has 0 saturated heterocycles. The Morgan fingerprint density at radius 2 is 1.89 bits per heavy atom. The number of alkyl halides is 3. The normalized spacial score (nSPS) is 17.1. The number of fused-ring (bicyclic) bond motifs is 1. The van der Waals surface area contributed by atoms with Gasteiger partial charge < -0.3 is 14.8 Å². The molecule has 0 aliphatic carbocycles. The Morgan fingerprint density at radius 3 is 2.59 bits per heavy atom. The quantitative estimate of drug-likeness (QED) is 0.872. The fourth-order valence-electron chi connectivity index (χ4n) is 3.07. The van der Waals surface area contributed by atoms with Crippen molar-refractivity contribution < 1.29 is 22.8 Å². The molecule has 1 aromatic heterocycles. The zero-order chi connectivity index (χ0) is 19.8. The average Bonchev–Trinajstić information content (AvgIpc) is 2.69. The third-order valence-corrected chi connectivity index (χ3v) is 4.26. The third kappa shape index (κ3) is 3.71. The van der Waals surface area contributed by atoms with E-state index in [4.69, 9.17) is 0 Å². The first-order valence-electron chi connectivity index (χ1n) is 8.16. The summed E-state index contributed by atoms with van der Waals surface area (Å²) in [4.78, 5) is 38.2. The SMILES string of the molecule is C[C@@H]1CC(=O)Nc2ccccc2N1C(=O)Cn1cccc(C(F)(F)F)c1=O. The van der Waals surface area contributed by atoms with Gasteiger partial charge in [-0.05, 0) is 31.2 Å². The average molecular weight is 379 g/mol. The molecule has 142 valence electrons. The van der Waals surface area contributed by atoms with Gasteiger partial charge in [0.2, 0.25) is 11.8 Å². The van der Waals surface area contributed by atoms with Crippen LogP contribution in [0.25, 0.3) is 0 Å². The number of hydrogen-bond acceptors (Lipinski definition) is 3. The van der Waals surface area contributed by atoms with E-state index in [9.17, 15) is 27.6 Å². The van der Waals surface area contributed by atoms with Gasteiger partial charge in [0.15, 0.2) is 0 Å². The highest BCUT2D eigenvalue weighted by Gasteiger charge is 2.35. The Bertz CT molecular complexity index is 953. The van der Waals surface area contributed by atoms with Crippen molar-refractivity contribution in [2.75, 3.05) is 10.2 Å². The number of pyridine rings is 1. The number of carbonyl (C=O) groups is 2. The van der Waals surface area contributed by atoms with Crippen LogP contribution in [0.3, 0.4) is 0 Å². The molecule has 2 aromatic rings. The van der Waals surface area contributed by atoms with Crippen LogP contribution >= 0.6 is 0 Å². The minimum Gasteiger partial charge on any atom is -0.324 e. The molecular weight excluding hydrogens is 363 g/mol. The topological polar surface area (TPSA) is 71.4 Å². The number of rotatable bonds is 2. The Balaban J connectivity index is 1.97. The highest BCUT2D eigenvalue weighted by atomic mass is 19.4. The number of halogens is 3. The van der Waals surface area contributed by atoms with Crippen molar-refractivity contribution in [3.63, 3.8) is 0 Å². The number of hydrogen-bond donors (Lipinski definition) is 1. The predicted octanol–water partition coefficient (Wildman–Crippen LogP) is 2.63. The number of aromatic nitrogens is 1. The second-order valence-electron chi connectivity index (χ2n) is 6.23. The molecule has 1 aromatic carbocycles. The zero-order valence-electron chi connectivity index (χ0n) is 14.3. The maximum absolute atomic E-state index is 12.9. The van der Waals surface area contributed by atoms with Gasteiger partial charge in [-0.15, -0.1) is 0 Å². The van der Waals surface area contributed by atoms with E-state index in [2.05, 4.69) is 5.32 Å². The summed E-state index contributed by atoms with van der Waals surface area (Å²) < 4.78 is 39.5. The van der Waals surface area contributed by atoms with Crippen molar-refractivity contribution in [2.24, 2.45) is 0 Å². The van der Waals surface area contributed by atoms with Crippen LogP contribution in [0.15, 0.2) is 47.4 Å². The van der Waals surface area contributed by atoms with Gasteiger partial charge in [0, 0.05) is 18.7 Å². The lowest BCUT2D eigenvalue weighted by Gasteiger charge is -2.28. The first-order valence-corrected chi connectivity index (χ1v) is 8.16. The molecule has 1 aliphatic rings. The Hall–Kier alpha value is -3.10. The molecule has 1 atom stereocenters. The van der Waals surface area contributed by atoms with E-state index in [0.717, 1.165) is 16.8 Å². The lowest BCUT2D eigenvalue weighted by atomic mass is 10.1. The van der Waals surface area contributed by atoms with Gasteiger partial charge in [-0.3, -0.25) is 14.4 Å². The van der Waals surface area contributed by atoms with Gasteiger partial charge in [-0.1, -0.05) is 12.1 Å². The van der Waals surface area contributed by atoms with Crippen LogP contribution in [-0.2, 0) is 22.3 Å². The summed E-state index contributed by atoms with van der Waals surface area (Å²) in [5, 5.41) is 2.69. The van der Waals surface area contributed by atoms with Gasteiger partial charge in [-0.25, -0.2) is 0 Å². The summed E-state index contributed by atoms with van der Waals surface area (Å²) in [6.07, 6.45) is -3.65. The van der Waals surface area contributed by atoms with Crippen molar-refractivity contribution in [2.45, 2.75) is 32.1 Å². The minimum atomic E-state index is -4.80. The molecule has 1 aliphatic heterocycles. The van der Waals surface area contributed by atoms with Crippen molar-refractivity contribution >= 4 is 23.2 Å². The summed E-state index contributed by atoms with van der Waals surface area (Å²) in [5.74, 6) is -0.866. The number of amides is 2. The number of nitrogens with one attached hydrogen (secondary N) is 1. The maximum atomic E-state index is 12.9. The Morgan fingerprint density at radius 1 is 1.19 bits per heavy atom. The number of nitrogens with zero attached hydrogens (tertiary/aromatic N) is 2. The molecule has 2 amide bonds. The van der Waals surface area contributed by atoms with Crippen LogP contribution in [0.4, 0.5) is 24.5 Å². The summed E-state index contributed by atoms with van der Waals surface area (Å²) in [6, 6.07) is 7.85. The lowest BCUT2D eigenvalue weighted by molar-refractivity contribution is -0.139. The van der Waals surface area contributed by atoms with Crippen molar-refractivity contribution in [3.8, 4) is 0 Å². The smallest absolute Gasteiger partial charge is 0.324 e. The van der Waals surface area contributed by atoms with Crippen molar-refractivity contribution in [1.82, 2.24) is 4.57 Å². The number of anilines is 2. The van der Waals surface area contributed by atoms with Gasteiger partial charge in [0.1, 0.15) is 12.1 Å². The first kappa shape index (κ1) is 18.7. The van der Waals surface area contributed by atoms with Crippen molar-refractivity contribution in [1.29, 1.82) is 0 Å². The van der Waals surface area contributed by atoms with Crippen LogP contribution in [0.2, 0.25) is 0 Å². The van der Waals surface area contributed by atoms with E-state index in [-0.39, 0.29) is 12.3 Å². The second kappa shape index (κ2) is 6.90. The predicted molar refractivity (Wildman–Crippen MR) is 92.3 cm³/mol. The minimum absolute atomic E-state index is 0.0257. The van der Waals surface area contributed by atoms with Crippen LogP contribution < -0.4 is 15.8 Å². The Labute approximate surface area is 152 Å². The summed E-state index contributed by atoms with van der Waals surface area (Å²) >= 11 is 0. The van der Waals surface area contributed by atoms with Gasteiger partial charge >= 0.3 is 6.18 Å². The van der Waals surface area contributed by atoms with E-state index >= 15 is 0 Å². The second-order valence-corrected chi connectivity index (χ2v) is 6.23. The molecule has 1 N–H and O–H groups in total. The summed E-state index contributed by atoms with van der Waals surface area (Å²) in [6.45, 7) is 1.09. The van der Waals surface area contributed by atoms with Gasteiger partial charge in [0.25, 0.3) is 5.56 Å². The summed E-state index contributed by atoms with van der Waals surface area (Å²) in [7, 11) is 0. The highest BCUT2D eigenvalue weighted by molar-refractivity contribution is 6.04. The molecule has 27 heavy (non-hydrogen) atoms. The lowest BCUT2D eigenvalue weighted by Crippen LogP contribution is -2.42. The zero-order valence-corrected chi connectivity index (χ0v) is 14.3. The molecule has 0 bridgehead atoms. The number of benzene rings is 1. The van der Waals surface area contributed by atoms with E-state index in [1.165, 1.54) is 4.90 Å². The van der Waals surface area contributed by atoms with Gasteiger partial charge in [0.05, 0.1) is 11.4 Å². The molecule has 2 heterocycles. The maximum Gasteiger partial charge on any atom is 0.421 e. The van der Waals surface area contributed by atoms with E-state index in [1.807, 2.05) is 0 Å². The van der Waals surface area contributed by atoms with Crippen LogP contribution in [0.1, 0.15) is 18.9 Å². The molecule has 0 unspecified atom stereocenters. The fourth-order valence-corrected chi connectivity index (χ4v) is 3.07. The molecule has 0 radical (unpaired) electrons. The highest BCUT2D eigenvalue weighted by Crippen LogP contribution is 2.31.